The van der Waals surface area contributed by atoms with Crippen molar-refractivity contribution in [2.45, 2.75) is 51.1 Å². The minimum Gasteiger partial charge on any atom is -0.362 e. The molecule has 1 fully saturated rings. The van der Waals surface area contributed by atoms with Crippen LogP contribution in [-0.2, 0) is 19.4 Å². The first-order valence-electron chi connectivity index (χ1n) is 13.1. The normalized spacial score (nSPS) is 19.4. The van der Waals surface area contributed by atoms with Gasteiger partial charge in [-0.3, -0.25) is 0 Å². The maximum atomic E-state index is 4.83. The fourth-order valence-electron chi connectivity index (χ4n) is 6.03. The van der Waals surface area contributed by atoms with Crippen LogP contribution >= 0.6 is 0 Å². The number of para-hydroxylation sites is 1. The molecule has 2 aliphatic carbocycles. The smallest absolute Gasteiger partial charge is 0.225 e. The van der Waals surface area contributed by atoms with Crippen molar-refractivity contribution in [1.82, 2.24) is 15.3 Å². The number of anilines is 2. The molecule has 6 rings (SSSR count). The Labute approximate surface area is 208 Å². The van der Waals surface area contributed by atoms with Crippen LogP contribution in [0.4, 0.5) is 11.8 Å². The number of fused-ring (bicyclic) bond motifs is 1. The molecule has 180 valence electrons. The second-order valence-corrected chi connectivity index (χ2v) is 10.5. The van der Waals surface area contributed by atoms with E-state index < -0.39 is 0 Å². The molecule has 0 bridgehead atoms. The molecule has 0 spiro atoms. The number of aryl methyl sites for hydroxylation is 2. The summed E-state index contributed by atoms with van der Waals surface area (Å²) in [6, 6.07) is 20.2. The van der Waals surface area contributed by atoms with Crippen molar-refractivity contribution in [3.05, 3.63) is 71.3 Å². The van der Waals surface area contributed by atoms with Crippen molar-refractivity contribution < 1.29 is 0 Å². The largest absolute Gasteiger partial charge is 0.362 e. The van der Waals surface area contributed by atoms with Crippen molar-refractivity contribution >= 4 is 33.4 Å². The molecule has 0 atom stereocenters. The van der Waals surface area contributed by atoms with Crippen LogP contribution in [0, 0.1) is 5.92 Å². The van der Waals surface area contributed by atoms with Gasteiger partial charge in [0.25, 0.3) is 0 Å². The highest BCUT2D eigenvalue weighted by atomic mass is 15.2. The van der Waals surface area contributed by atoms with E-state index in [2.05, 4.69) is 58.0 Å². The lowest BCUT2D eigenvalue weighted by Crippen LogP contribution is -2.31. The zero-order valence-electron chi connectivity index (χ0n) is 20.8. The Morgan fingerprint density at radius 2 is 1.60 bits per heavy atom. The fourth-order valence-corrected chi connectivity index (χ4v) is 6.03. The summed E-state index contributed by atoms with van der Waals surface area (Å²) >= 11 is 0. The molecule has 1 heterocycles. The standard InChI is InChI=1S/C30H35N5/c1-35(2)29-26-7-3-4-9-27(26)33-30(34-29)32-24-16-10-20(11-17-24)18-31-19-23-15-14-22-13-12-21-6-5-8-25(23)28(21)22/h3-9,14-15,20,24,31H,10-13,16-19H2,1-2H3,(H,32,33,34). The maximum Gasteiger partial charge on any atom is 0.225 e. The summed E-state index contributed by atoms with van der Waals surface area (Å²) in [7, 11) is 4.08. The summed E-state index contributed by atoms with van der Waals surface area (Å²) in [5, 5.41) is 11.5. The number of rotatable bonds is 7. The molecular formula is C30H35N5. The lowest BCUT2D eigenvalue weighted by atomic mass is 9.86. The van der Waals surface area contributed by atoms with Crippen LogP contribution in [-0.4, -0.2) is 36.6 Å². The van der Waals surface area contributed by atoms with E-state index in [1.807, 2.05) is 26.2 Å². The first-order valence-corrected chi connectivity index (χ1v) is 13.1. The highest BCUT2D eigenvalue weighted by Crippen LogP contribution is 2.33. The number of nitrogens with zero attached hydrogens (tertiary/aromatic N) is 3. The molecule has 3 aromatic carbocycles. The van der Waals surface area contributed by atoms with Crippen LogP contribution in [0.1, 0.15) is 42.4 Å². The number of benzene rings is 3. The van der Waals surface area contributed by atoms with Crippen molar-refractivity contribution in [2.24, 2.45) is 5.92 Å². The summed E-state index contributed by atoms with van der Waals surface area (Å²) in [5.41, 5.74) is 5.49. The van der Waals surface area contributed by atoms with E-state index >= 15 is 0 Å². The average Bonchev–Trinajstić information content (AvgIpc) is 3.30. The first kappa shape index (κ1) is 22.3. The molecule has 0 saturated heterocycles. The summed E-state index contributed by atoms with van der Waals surface area (Å²) < 4.78 is 0. The van der Waals surface area contributed by atoms with E-state index in [4.69, 9.17) is 9.97 Å². The predicted octanol–water partition coefficient (Wildman–Crippen LogP) is 5.71. The Morgan fingerprint density at radius 3 is 2.43 bits per heavy atom. The third-order valence-electron chi connectivity index (χ3n) is 7.90. The van der Waals surface area contributed by atoms with Gasteiger partial charge in [0.1, 0.15) is 5.82 Å². The van der Waals surface area contributed by atoms with Gasteiger partial charge in [0.15, 0.2) is 0 Å². The summed E-state index contributed by atoms with van der Waals surface area (Å²) in [6.45, 7) is 2.05. The fraction of sp³-hybridized carbons (Fsp3) is 0.400. The second-order valence-electron chi connectivity index (χ2n) is 10.5. The molecule has 5 nitrogen and oxygen atoms in total. The van der Waals surface area contributed by atoms with Crippen molar-refractivity contribution in [2.75, 3.05) is 30.9 Å². The number of hydrogen-bond donors (Lipinski definition) is 2. The third kappa shape index (κ3) is 4.45. The molecule has 1 aromatic heterocycles. The first-order chi connectivity index (χ1) is 17.2. The van der Waals surface area contributed by atoms with Gasteiger partial charge in [-0.05, 0) is 90.6 Å². The summed E-state index contributed by atoms with van der Waals surface area (Å²) in [5.74, 6) is 2.46. The van der Waals surface area contributed by atoms with Crippen LogP contribution in [0.2, 0.25) is 0 Å². The number of nitrogens with one attached hydrogen (secondary N) is 2. The molecule has 0 unspecified atom stereocenters. The molecule has 2 N–H and O–H groups in total. The van der Waals surface area contributed by atoms with E-state index in [0.717, 1.165) is 41.7 Å². The zero-order valence-corrected chi connectivity index (χ0v) is 20.8. The Balaban J connectivity index is 1.04. The van der Waals surface area contributed by atoms with E-state index in [0.29, 0.717) is 6.04 Å². The van der Waals surface area contributed by atoms with Crippen LogP contribution < -0.4 is 15.5 Å². The van der Waals surface area contributed by atoms with E-state index in [9.17, 15) is 0 Å². The van der Waals surface area contributed by atoms with E-state index in [1.54, 1.807) is 0 Å². The van der Waals surface area contributed by atoms with Crippen LogP contribution in [0.3, 0.4) is 0 Å². The molecule has 0 aliphatic heterocycles. The number of aromatic nitrogens is 2. The quantitative estimate of drug-likeness (QED) is 0.366. The topological polar surface area (TPSA) is 53.1 Å². The van der Waals surface area contributed by atoms with Crippen LogP contribution in [0.5, 0.6) is 0 Å². The third-order valence-corrected chi connectivity index (χ3v) is 7.90. The molecule has 0 radical (unpaired) electrons. The van der Waals surface area contributed by atoms with Crippen molar-refractivity contribution in [3.8, 4) is 0 Å². The maximum absolute atomic E-state index is 4.83. The van der Waals surface area contributed by atoms with Gasteiger partial charge in [0.05, 0.1) is 5.52 Å². The van der Waals surface area contributed by atoms with Crippen molar-refractivity contribution in [1.29, 1.82) is 0 Å². The zero-order chi connectivity index (χ0) is 23.8. The molecule has 5 heteroatoms. The lowest BCUT2D eigenvalue weighted by Gasteiger charge is -2.29. The SMILES string of the molecule is CN(C)c1nc(NC2CCC(CNCc3ccc4c5c(cccc35)CC4)CC2)nc2ccccc12. The predicted molar refractivity (Wildman–Crippen MR) is 146 cm³/mol. The lowest BCUT2D eigenvalue weighted by molar-refractivity contribution is 0.324. The van der Waals surface area contributed by atoms with E-state index in [1.165, 1.54) is 66.0 Å². The van der Waals surface area contributed by atoms with Crippen molar-refractivity contribution in [3.63, 3.8) is 0 Å². The highest BCUT2D eigenvalue weighted by molar-refractivity contribution is 5.93. The Kier molecular flexibility index (Phi) is 6.03. The van der Waals surface area contributed by atoms with Gasteiger partial charge >= 0.3 is 0 Å². The van der Waals surface area contributed by atoms with Crippen LogP contribution in [0.15, 0.2) is 54.6 Å². The Hall–Kier alpha value is -3.18. The molecule has 35 heavy (non-hydrogen) atoms. The van der Waals surface area contributed by atoms with Gasteiger partial charge in [-0.15, -0.1) is 0 Å². The van der Waals surface area contributed by atoms with Gasteiger partial charge in [-0.1, -0.05) is 42.5 Å². The summed E-state index contributed by atoms with van der Waals surface area (Å²) in [6.07, 6.45) is 7.20. The van der Waals surface area contributed by atoms with Gasteiger partial charge in [0, 0.05) is 32.1 Å². The van der Waals surface area contributed by atoms with E-state index in [-0.39, 0.29) is 0 Å². The Morgan fingerprint density at radius 1 is 0.829 bits per heavy atom. The minimum absolute atomic E-state index is 0.443. The van der Waals surface area contributed by atoms with Gasteiger partial charge < -0.3 is 15.5 Å². The summed E-state index contributed by atoms with van der Waals surface area (Å²) in [4.78, 5) is 11.7. The minimum atomic E-state index is 0.443. The highest BCUT2D eigenvalue weighted by Gasteiger charge is 2.22. The monoisotopic (exact) mass is 465 g/mol. The van der Waals surface area contributed by atoms with Gasteiger partial charge in [0.2, 0.25) is 5.95 Å². The molecular weight excluding hydrogens is 430 g/mol. The van der Waals surface area contributed by atoms with Gasteiger partial charge in [-0.2, -0.15) is 4.98 Å². The second kappa shape index (κ2) is 9.46. The molecule has 0 amide bonds. The average molecular weight is 466 g/mol. The Bertz CT molecular complexity index is 1340. The molecule has 1 saturated carbocycles. The number of hydrogen-bond acceptors (Lipinski definition) is 5. The van der Waals surface area contributed by atoms with Gasteiger partial charge in [-0.25, -0.2) is 4.98 Å². The van der Waals surface area contributed by atoms with Crippen LogP contribution in [0.25, 0.3) is 21.7 Å². The molecule has 2 aliphatic rings. The molecule has 4 aromatic rings.